The van der Waals surface area contributed by atoms with Gasteiger partial charge in [0.1, 0.15) is 19.7 Å². The number of hydrogen-bond acceptors (Lipinski definition) is 2. The maximum Gasteiger partial charge on any atom is 0.330 e. The second kappa shape index (κ2) is 6.36. The number of likely N-dealkylation sites (N-methyl/N-ethyl adjacent to an activating group) is 1. The Labute approximate surface area is 109 Å². The molecule has 3 heteroatoms. The van der Waals surface area contributed by atoms with Gasteiger partial charge in [-0.3, -0.25) is 0 Å². The minimum Gasteiger partial charge on any atom is -0.457 e. The topological polar surface area (TPSA) is 26.3 Å². The second-order valence-corrected chi connectivity index (χ2v) is 5.12. The van der Waals surface area contributed by atoms with E-state index in [0.29, 0.717) is 6.61 Å². The molecule has 1 aromatic carbocycles. The number of esters is 1. The SMILES string of the molecule is C=CC(=O)OCC[N+](C)(C)Cc1ccccc1C. The van der Waals surface area contributed by atoms with Crippen LogP contribution in [0.15, 0.2) is 36.9 Å². The molecule has 0 radical (unpaired) electrons. The van der Waals surface area contributed by atoms with Crippen LogP contribution in [0, 0.1) is 6.92 Å². The van der Waals surface area contributed by atoms with Gasteiger partial charge in [0.15, 0.2) is 0 Å². The van der Waals surface area contributed by atoms with Gasteiger partial charge in [0, 0.05) is 11.6 Å². The molecular weight excluding hydrogens is 226 g/mol. The van der Waals surface area contributed by atoms with E-state index in [1.807, 2.05) is 6.07 Å². The van der Waals surface area contributed by atoms with Crippen molar-refractivity contribution in [2.24, 2.45) is 0 Å². The fraction of sp³-hybridized carbons (Fsp3) is 0.400. The molecule has 0 saturated carbocycles. The highest BCUT2D eigenvalue weighted by atomic mass is 16.5. The summed E-state index contributed by atoms with van der Waals surface area (Å²) in [5, 5.41) is 0. The molecule has 0 fully saturated rings. The minimum atomic E-state index is -0.356. The quantitative estimate of drug-likeness (QED) is 0.439. The normalized spacial score (nSPS) is 11.1. The molecule has 3 nitrogen and oxygen atoms in total. The number of ether oxygens (including phenoxy) is 1. The highest BCUT2D eigenvalue weighted by Crippen LogP contribution is 2.13. The lowest BCUT2D eigenvalue weighted by Crippen LogP contribution is -2.41. The molecule has 0 aliphatic rings. The molecule has 18 heavy (non-hydrogen) atoms. The summed E-state index contributed by atoms with van der Waals surface area (Å²) in [6.45, 7) is 7.63. The van der Waals surface area contributed by atoms with Gasteiger partial charge in [-0.05, 0) is 12.5 Å². The summed E-state index contributed by atoms with van der Waals surface area (Å²) < 4.78 is 5.81. The molecule has 98 valence electrons. The fourth-order valence-electron chi connectivity index (χ4n) is 1.78. The van der Waals surface area contributed by atoms with Crippen LogP contribution < -0.4 is 0 Å². The van der Waals surface area contributed by atoms with Crippen LogP contribution in [-0.4, -0.2) is 37.7 Å². The van der Waals surface area contributed by atoms with E-state index in [1.54, 1.807) is 0 Å². The van der Waals surface area contributed by atoms with Gasteiger partial charge >= 0.3 is 5.97 Å². The van der Waals surface area contributed by atoms with Crippen molar-refractivity contribution in [2.45, 2.75) is 13.5 Å². The largest absolute Gasteiger partial charge is 0.457 e. The highest BCUT2D eigenvalue weighted by molar-refractivity contribution is 5.81. The molecule has 1 rings (SSSR count). The van der Waals surface area contributed by atoms with Crippen LogP contribution in [0.1, 0.15) is 11.1 Å². The van der Waals surface area contributed by atoms with E-state index in [9.17, 15) is 4.79 Å². The van der Waals surface area contributed by atoms with Crippen LogP contribution in [0.3, 0.4) is 0 Å². The number of carbonyl (C=O) groups is 1. The predicted octanol–water partition coefficient (Wildman–Crippen LogP) is 2.30. The second-order valence-electron chi connectivity index (χ2n) is 5.12. The molecule has 0 N–H and O–H groups in total. The molecule has 1 aromatic rings. The molecule has 0 aromatic heterocycles. The van der Waals surface area contributed by atoms with Gasteiger partial charge in [-0.25, -0.2) is 4.79 Å². The lowest BCUT2D eigenvalue weighted by molar-refractivity contribution is -0.903. The Morgan fingerprint density at radius 3 is 2.67 bits per heavy atom. The van der Waals surface area contributed by atoms with Crippen LogP contribution in [0.4, 0.5) is 0 Å². The van der Waals surface area contributed by atoms with E-state index in [2.05, 4.69) is 45.8 Å². The third-order valence-corrected chi connectivity index (χ3v) is 2.97. The number of nitrogens with zero attached hydrogens (tertiary/aromatic N) is 1. The first-order valence-corrected chi connectivity index (χ1v) is 6.10. The maximum atomic E-state index is 11.0. The standard InChI is InChI=1S/C15H22NO2/c1-5-15(17)18-11-10-16(3,4)12-14-9-7-6-8-13(14)2/h5-9H,1,10-12H2,2-4H3/q+1. The molecule has 0 atom stereocenters. The summed E-state index contributed by atoms with van der Waals surface area (Å²) in [7, 11) is 4.27. The van der Waals surface area contributed by atoms with Crippen molar-refractivity contribution in [1.82, 2.24) is 0 Å². The zero-order chi connectivity index (χ0) is 13.6. The first kappa shape index (κ1) is 14.5. The lowest BCUT2D eigenvalue weighted by atomic mass is 10.1. The Hall–Kier alpha value is -1.61. The Kier molecular flexibility index (Phi) is 5.10. The van der Waals surface area contributed by atoms with Crippen molar-refractivity contribution in [2.75, 3.05) is 27.2 Å². The highest BCUT2D eigenvalue weighted by Gasteiger charge is 2.17. The van der Waals surface area contributed by atoms with Crippen molar-refractivity contribution >= 4 is 5.97 Å². The Balaban J connectivity index is 2.51. The van der Waals surface area contributed by atoms with E-state index >= 15 is 0 Å². The number of aryl methyl sites for hydroxylation is 1. The van der Waals surface area contributed by atoms with E-state index in [4.69, 9.17) is 4.74 Å². The molecule has 0 heterocycles. The van der Waals surface area contributed by atoms with Crippen LogP contribution in [0.25, 0.3) is 0 Å². The maximum absolute atomic E-state index is 11.0. The Morgan fingerprint density at radius 1 is 1.39 bits per heavy atom. The van der Waals surface area contributed by atoms with Crippen molar-refractivity contribution in [3.05, 3.63) is 48.0 Å². The molecule has 0 saturated heterocycles. The monoisotopic (exact) mass is 248 g/mol. The van der Waals surface area contributed by atoms with Crippen molar-refractivity contribution in [3.63, 3.8) is 0 Å². The van der Waals surface area contributed by atoms with Gasteiger partial charge in [-0.15, -0.1) is 0 Å². The average Bonchev–Trinajstić information content (AvgIpc) is 2.31. The van der Waals surface area contributed by atoms with Gasteiger partial charge in [0.05, 0.1) is 14.1 Å². The zero-order valence-corrected chi connectivity index (χ0v) is 11.5. The van der Waals surface area contributed by atoms with Crippen molar-refractivity contribution in [1.29, 1.82) is 0 Å². The number of benzene rings is 1. The van der Waals surface area contributed by atoms with E-state index < -0.39 is 0 Å². The smallest absolute Gasteiger partial charge is 0.330 e. The van der Waals surface area contributed by atoms with Crippen molar-refractivity contribution in [3.8, 4) is 0 Å². The molecule has 0 bridgehead atoms. The number of carbonyl (C=O) groups excluding carboxylic acids is 1. The molecular formula is C15H22NO2+. The summed E-state index contributed by atoms with van der Waals surface area (Å²) in [6.07, 6.45) is 1.20. The van der Waals surface area contributed by atoms with Gasteiger partial charge in [0.2, 0.25) is 0 Å². The number of rotatable bonds is 6. The Bertz CT molecular complexity index is 424. The van der Waals surface area contributed by atoms with Gasteiger partial charge in [0.25, 0.3) is 0 Å². The molecule has 0 unspecified atom stereocenters. The fourth-order valence-corrected chi connectivity index (χ4v) is 1.78. The summed E-state index contributed by atoms with van der Waals surface area (Å²) >= 11 is 0. The molecule has 0 aliphatic heterocycles. The molecule has 0 spiro atoms. The molecule has 0 aliphatic carbocycles. The summed E-state index contributed by atoms with van der Waals surface area (Å²) in [5.41, 5.74) is 2.63. The first-order valence-electron chi connectivity index (χ1n) is 6.10. The third kappa shape index (κ3) is 4.72. The summed E-state index contributed by atoms with van der Waals surface area (Å²) in [4.78, 5) is 11.0. The predicted molar refractivity (Wildman–Crippen MR) is 73.0 cm³/mol. The van der Waals surface area contributed by atoms with Gasteiger partial charge in [-0.2, -0.15) is 0 Å². The van der Waals surface area contributed by atoms with Crippen LogP contribution in [-0.2, 0) is 16.1 Å². The summed E-state index contributed by atoms with van der Waals surface area (Å²) in [5.74, 6) is -0.356. The average molecular weight is 248 g/mol. The number of quaternary nitrogens is 1. The van der Waals surface area contributed by atoms with E-state index in [0.717, 1.165) is 17.6 Å². The first-order chi connectivity index (χ1) is 8.44. The van der Waals surface area contributed by atoms with Crippen LogP contribution >= 0.6 is 0 Å². The minimum absolute atomic E-state index is 0.356. The van der Waals surface area contributed by atoms with Crippen LogP contribution in [0.5, 0.6) is 0 Å². The van der Waals surface area contributed by atoms with E-state index in [-0.39, 0.29) is 5.97 Å². The van der Waals surface area contributed by atoms with Crippen molar-refractivity contribution < 1.29 is 14.0 Å². The van der Waals surface area contributed by atoms with Crippen LogP contribution in [0.2, 0.25) is 0 Å². The third-order valence-electron chi connectivity index (χ3n) is 2.97. The molecule has 0 amide bonds. The van der Waals surface area contributed by atoms with E-state index in [1.165, 1.54) is 17.2 Å². The lowest BCUT2D eigenvalue weighted by Gasteiger charge is -2.30. The zero-order valence-electron chi connectivity index (χ0n) is 11.5. The number of hydrogen-bond donors (Lipinski definition) is 0. The van der Waals surface area contributed by atoms with Gasteiger partial charge in [-0.1, -0.05) is 30.8 Å². The van der Waals surface area contributed by atoms with Gasteiger partial charge < -0.3 is 9.22 Å². The Morgan fingerprint density at radius 2 is 2.06 bits per heavy atom. The summed E-state index contributed by atoms with van der Waals surface area (Å²) in [6, 6.07) is 8.36.